The number of hydrogen-bond donors (Lipinski definition) is 2. The number of carbonyl (C=O) groups is 1. The number of nitrogens with zero attached hydrogens (tertiary/aromatic N) is 1. The molecule has 5 heteroatoms. The van der Waals surface area contributed by atoms with Crippen LogP contribution >= 0.6 is 0 Å². The van der Waals surface area contributed by atoms with Crippen molar-refractivity contribution in [1.29, 1.82) is 0 Å². The molecule has 104 valence electrons. The molecule has 19 heavy (non-hydrogen) atoms. The molecule has 2 rings (SSSR count). The summed E-state index contributed by atoms with van der Waals surface area (Å²) in [6.45, 7) is 4.10. The van der Waals surface area contributed by atoms with Crippen LogP contribution in [0, 0.1) is 0 Å². The molecule has 2 atom stereocenters. The third-order valence-corrected chi connectivity index (χ3v) is 3.67. The van der Waals surface area contributed by atoms with E-state index in [-0.39, 0.29) is 6.04 Å². The van der Waals surface area contributed by atoms with Gasteiger partial charge in [0, 0.05) is 25.7 Å². The molecule has 1 aromatic rings. The Hall–Kier alpha value is -1.59. The Bertz CT molecular complexity index is 433. The van der Waals surface area contributed by atoms with E-state index in [0.29, 0.717) is 6.54 Å². The number of benzene rings is 1. The van der Waals surface area contributed by atoms with Crippen molar-refractivity contribution in [3.8, 4) is 5.75 Å². The molecule has 5 nitrogen and oxygen atoms in total. The van der Waals surface area contributed by atoms with Crippen LogP contribution < -0.4 is 10.1 Å². The van der Waals surface area contributed by atoms with Crippen LogP contribution in [0.3, 0.4) is 0 Å². The van der Waals surface area contributed by atoms with E-state index in [9.17, 15) is 9.90 Å². The molecular formula is C14H20N2O3. The molecule has 1 heterocycles. The monoisotopic (exact) mass is 264 g/mol. The fourth-order valence-electron chi connectivity index (χ4n) is 2.49. The quantitative estimate of drug-likeness (QED) is 0.853. The van der Waals surface area contributed by atoms with Gasteiger partial charge in [-0.3, -0.25) is 9.69 Å². The molecule has 0 saturated carbocycles. The van der Waals surface area contributed by atoms with Gasteiger partial charge in [-0.2, -0.15) is 0 Å². The number of carboxylic acid groups (broad SMARTS) is 1. The number of carboxylic acids is 1. The Labute approximate surface area is 113 Å². The first-order valence-electron chi connectivity index (χ1n) is 6.46. The second-order valence-corrected chi connectivity index (χ2v) is 4.75. The third kappa shape index (κ3) is 3.05. The van der Waals surface area contributed by atoms with Crippen molar-refractivity contribution in [2.24, 2.45) is 0 Å². The number of aliphatic carboxylic acids is 1. The van der Waals surface area contributed by atoms with E-state index < -0.39 is 12.0 Å². The van der Waals surface area contributed by atoms with Gasteiger partial charge in [0.15, 0.2) is 0 Å². The van der Waals surface area contributed by atoms with Gasteiger partial charge in [0.1, 0.15) is 11.8 Å². The largest absolute Gasteiger partial charge is 0.497 e. The lowest BCUT2D eigenvalue weighted by atomic mass is 10.0. The van der Waals surface area contributed by atoms with Crippen LogP contribution in [-0.2, 0) is 4.79 Å². The Kier molecular flexibility index (Phi) is 4.39. The molecule has 0 amide bonds. The van der Waals surface area contributed by atoms with Gasteiger partial charge in [0.05, 0.1) is 7.11 Å². The summed E-state index contributed by atoms with van der Waals surface area (Å²) in [5.74, 6) is 0.0404. The molecule has 0 spiro atoms. The smallest absolute Gasteiger partial charge is 0.322 e. The molecule has 0 bridgehead atoms. The van der Waals surface area contributed by atoms with Crippen molar-refractivity contribution >= 4 is 5.97 Å². The Morgan fingerprint density at radius 2 is 2.16 bits per heavy atom. The lowest BCUT2D eigenvalue weighted by Gasteiger charge is -2.38. The molecule has 2 N–H and O–H groups in total. The van der Waals surface area contributed by atoms with E-state index in [1.807, 2.05) is 36.1 Å². The van der Waals surface area contributed by atoms with Crippen molar-refractivity contribution in [3.05, 3.63) is 29.8 Å². The summed E-state index contributed by atoms with van der Waals surface area (Å²) in [7, 11) is 1.63. The summed E-state index contributed by atoms with van der Waals surface area (Å²) in [5.41, 5.74) is 1.11. The Morgan fingerprint density at radius 1 is 1.47 bits per heavy atom. The molecule has 2 unspecified atom stereocenters. The average Bonchev–Trinajstić information content (AvgIpc) is 2.46. The van der Waals surface area contributed by atoms with Crippen molar-refractivity contribution in [2.75, 3.05) is 26.7 Å². The van der Waals surface area contributed by atoms with Gasteiger partial charge in [-0.05, 0) is 24.6 Å². The lowest BCUT2D eigenvalue weighted by molar-refractivity contribution is -0.145. The van der Waals surface area contributed by atoms with Crippen LogP contribution in [0.2, 0.25) is 0 Å². The summed E-state index contributed by atoms with van der Waals surface area (Å²) < 4.78 is 5.14. The molecule has 1 saturated heterocycles. The van der Waals surface area contributed by atoms with E-state index in [1.165, 1.54) is 0 Å². The summed E-state index contributed by atoms with van der Waals surface area (Å²) in [6, 6.07) is 7.41. The summed E-state index contributed by atoms with van der Waals surface area (Å²) in [5, 5.41) is 12.4. The zero-order chi connectivity index (χ0) is 13.8. The second kappa shape index (κ2) is 6.04. The molecule has 1 aromatic carbocycles. The average molecular weight is 264 g/mol. The highest BCUT2D eigenvalue weighted by molar-refractivity contribution is 5.74. The normalized spacial score (nSPS) is 21.9. The minimum Gasteiger partial charge on any atom is -0.497 e. The highest BCUT2D eigenvalue weighted by Crippen LogP contribution is 2.25. The molecule has 0 aliphatic carbocycles. The van der Waals surface area contributed by atoms with Crippen LogP contribution in [0.4, 0.5) is 0 Å². The minimum absolute atomic E-state index is 0.0779. The van der Waals surface area contributed by atoms with Crippen molar-refractivity contribution < 1.29 is 14.6 Å². The van der Waals surface area contributed by atoms with Crippen LogP contribution in [0.25, 0.3) is 0 Å². The fourth-order valence-corrected chi connectivity index (χ4v) is 2.49. The van der Waals surface area contributed by atoms with E-state index in [2.05, 4.69) is 5.32 Å². The van der Waals surface area contributed by atoms with E-state index in [4.69, 9.17) is 4.74 Å². The Morgan fingerprint density at radius 3 is 2.74 bits per heavy atom. The van der Waals surface area contributed by atoms with Gasteiger partial charge < -0.3 is 15.2 Å². The maximum absolute atomic E-state index is 11.3. The first-order chi connectivity index (χ1) is 9.13. The standard InChI is InChI=1S/C14H20N2O3/c1-10(11-3-5-12(19-2)6-4-11)16-8-7-15-9-13(16)14(17)18/h3-6,10,13,15H,7-9H2,1-2H3,(H,17,18). The van der Waals surface area contributed by atoms with Crippen molar-refractivity contribution in [1.82, 2.24) is 10.2 Å². The lowest BCUT2D eigenvalue weighted by Crippen LogP contribution is -2.55. The molecule has 0 radical (unpaired) electrons. The van der Waals surface area contributed by atoms with E-state index in [0.717, 1.165) is 24.4 Å². The van der Waals surface area contributed by atoms with Gasteiger partial charge in [-0.25, -0.2) is 0 Å². The molecule has 1 fully saturated rings. The maximum atomic E-state index is 11.3. The van der Waals surface area contributed by atoms with Gasteiger partial charge in [-0.1, -0.05) is 12.1 Å². The predicted octanol–water partition coefficient (Wildman–Crippen LogP) is 1.11. The predicted molar refractivity (Wildman–Crippen MR) is 72.4 cm³/mol. The number of piperazine rings is 1. The molecule has 1 aliphatic heterocycles. The SMILES string of the molecule is COc1ccc(C(C)N2CCNCC2C(=O)O)cc1. The second-order valence-electron chi connectivity index (χ2n) is 4.75. The van der Waals surface area contributed by atoms with Gasteiger partial charge in [-0.15, -0.1) is 0 Å². The summed E-state index contributed by atoms with van der Waals surface area (Å²) in [6.07, 6.45) is 0. The van der Waals surface area contributed by atoms with Crippen LogP contribution in [0.5, 0.6) is 5.75 Å². The molecular weight excluding hydrogens is 244 g/mol. The minimum atomic E-state index is -0.771. The number of ether oxygens (including phenoxy) is 1. The van der Waals surface area contributed by atoms with E-state index in [1.54, 1.807) is 7.11 Å². The molecule has 0 aromatic heterocycles. The van der Waals surface area contributed by atoms with Crippen LogP contribution in [-0.4, -0.2) is 48.8 Å². The van der Waals surface area contributed by atoms with Crippen LogP contribution in [0.1, 0.15) is 18.5 Å². The highest BCUT2D eigenvalue weighted by Gasteiger charge is 2.32. The number of nitrogens with one attached hydrogen (secondary N) is 1. The maximum Gasteiger partial charge on any atom is 0.322 e. The third-order valence-electron chi connectivity index (χ3n) is 3.67. The zero-order valence-electron chi connectivity index (χ0n) is 11.3. The van der Waals surface area contributed by atoms with Gasteiger partial charge in [0.25, 0.3) is 0 Å². The van der Waals surface area contributed by atoms with Crippen molar-refractivity contribution in [3.63, 3.8) is 0 Å². The van der Waals surface area contributed by atoms with E-state index >= 15 is 0 Å². The zero-order valence-corrected chi connectivity index (χ0v) is 11.3. The first-order valence-corrected chi connectivity index (χ1v) is 6.46. The fraction of sp³-hybridized carbons (Fsp3) is 0.500. The van der Waals surface area contributed by atoms with Gasteiger partial charge >= 0.3 is 5.97 Å². The summed E-state index contributed by atoms with van der Waals surface area (Å²) in [4.78, 5) is 13.3. The highest BCUT2D eigenvalue weighted by atomic mass is 16.5. The number of hydrogen-bond acceptors (Lipinski definition) is 4. The number of rotatable bonds is 4. The summed E-state index contributed by atoms with van der Waals surface area (Å²) >= 11 is 0. The topological polar surface area (TPSA) is 61.8 Å². The van der Waals surface area contributed by atoms with Crippen LogP contribution in [0.15, 0.2) is 24.3 Å². The Balaban J connectivity index is 2.15. The van der Waals surface area contributed by atoms with Crippen molar-refractivity contribution in [2.45, 2.75) is 19.0 Å². The molecule has 1 aliphatic rings. The number of methoxy groups -OCH3 is 1. The first kappa shape index (κ1) is 13.8. The van der Waals surface area contributed by atoms with Gasteiger partial charge in [0.2, 0.25) is 0 Å².